The number of fused-ring (bicyclic) bond motifs is 3. The van der Waals surface area contributed by atoms with Crippen LogP contribution in [0.5, 0.6) is 17.2 Å². The van der Waals surface area contributed by atoms with Crippen LogP contribution >= 0.6 is 0 Å². The molecule has 1 aliphatic rings. The molecule has 0 radical (unpaired) electrons. The molecule has 4 heteroatoms. The zero-order valence-electron chi connectivity index (χ0n) is 14.4. The SMILES string of the molecule is COc1c2c(c3ccccc3c1OC(C)=O)OC(C)(C)C2(C)C. The van der Waals surface area contributed by atoms with Crippen LogP contribution in [0.2, 0.25) is 0 Å². The third-order valence-electron chi connectivity index (χ3n) is 5.01. The lowest BCUT2D eigenvalue weighted by Gasteiger charge is -2.33. The molecule has 0 fully saturated rings. The van der Waals surface area contributed by atoms with E-state index in [9.17, 15) is 4.79 Å². The number of methoxy groups -OCH3 is 1. The Labute approximate surface area is 136 Å². The summed E-state index contributed by atoms with van der Waals surface area (Å²) < 4.78 is 17.5. The van der Waals surface area contributed by atoms with Crippen molar-refractivity contribution in [3.63, 3.8) is 0 Å². The third-order valence-corrected chi connectivity index (χ3v) is 5.01. The van der Waals surface area contributed by atoms with Gasteiger partial charge in [-0.05, 0) is 13.8 Å². The zero-order chi connectivity index (χ0) is 17.0. The maximum atomic E-state index is 11.6. The topological polar surface area (TPSA) is 44.8 Å². The summed E-state index contributed by atoms with van der Waals surface area (Å²) in [7, 11) is 1.60. The average molecular weight is 314 g/mol. The summed E-state index contributed by atoms with van der Waals surface area (Å²) in [5.41, 5.74) is 0.243. The smallest absolute Gasteiger partial charge is 0.308 e. The number of ether oxygens (including phenoxy) is 3. The van der Waals surface area contributed by atoms with E-state index in [0.29, 0.717) is 11.5 Å². The standard InChI is InChI=1S/C19H22O4/c1-11(20)22-16-13-10-8-7-9-12(13)15-14(17(16)21-6)18(2,3)19(4,5)23-15/h7-10H,1-6H3. The van der Waals surface area contributed by atoms with Gasteiger partial charge in [-0.25, -0.2) is 0 Å². The minimum Gasteiger partial charge on any atom is -0.492 e. The van der Waals surface area contributed by atoms with Crippen molar-refractivity contribution in [2.75, 3.05) is 7.11 Å². The molecule has 122 valence electrons. The highest BCUT2D eigenvalue weighted by molar-refractivity contribution is 5.99. The second kappa shape index (κ2) is 4.88. The van der Waals surface area contributed by atoms with Crippen molar-refractivity contribution in [1.82, 2.24) is 0 Å². The maximum Gasteiger partial charge on any atom is 0.308 e. The van der Waals surface area contributed by atoms with Crippen molar-refractivity contribution in [2.45, 2.75) is 45.6 Å². The summed E-state index contributed by atoms with van der Waals surface area (Å²) in [6, 6.07) is 7.76. The van der Waals surface area contributed by atoms with Crippen LogP contribution in [0.25, 0.3) is 10.8 Å². The van der Waals surface area contributed by atoms with E-state index in [1.807, 2.05) is 24.3 Å². The molecule has 1 heterocycles. The van der Waals surface area contributed by atoms with Crippen LogP contribution in [0, 0.1) is 0 Å². The fourth-order valence-corrected chi connectivity index (χ4v) is 3.15. The third kappa shape index (κ3) is 2.08. The highest BCUT2D eigenvalue weighted by atomic mass is 16.6. The molecule has 0 atom stereocenters. The number of hydrogen-bond acceptors (Lipinski definition) is 4. The Bertz CT molecular complexity index is 803. The van der Waals surface area contributed by atoms with Crippen LogP contribution in [0.15, 0.2) is 24.3 Å². The highest BCUT2D eigenvalue weighted by Crippen LogP contribution is 2.58. The van der Waals surface area contributed by atoms with E-state index >= 15 is 0 Å². The number of rotatable bonds is 2. The first-order chi connectivity index (χ1) is 10.7. The Kier molecular flexibility index (Phi) is 3.32. The maximum absolute atomic E-state index is 11.6. The van der Waals surface area contributed by atoms with Gasteiger partial charge in [0.2, 0.25) is 0 Å². The monoisotopic (exact) mass is 314 g/mol. The van der Waals surface area contributed by atoms with Gasteiger partial charge in [-0.2, -0.15) is 0 Å². The molecular weight excluding hydrogens is 292 g/mol. The van der Waals surface area contributed by atoms with Crippen molar-refractivity contribution in [3.8, 4) is 17.2 Å². The summed E-state index contributed by atoms with van der Waals surface area (Å²) >= 11 is 0. The molecule has 2 aromatic rings. The largest absolute Gasteiger partial charge is 0.492 e. The zero-order valence-corrected chi connectivity index (χ0v) is 14.4. The molecule has 0 spiro atoms. The molecule has 1 aliphatic heterocycles. The number of esters is 1. The van der Waals surface area contributed by atoms with E-state index in [1.54, 1.807) is 7.11 Å². The molecule has 0 aromatic heterocycles. The van der Waals surface area contributed by atoms with E-state index in [4.69, 9.17) is 14.2 Å². The van der Waals surface area contributed by atoms with Gasteiger partial charge in [0.1, 0.15) is 11.4 Å². The quantitative estimate of drug-likeness (QED) is 0.615. The van der Waals surface area contributed by atoms with Crippen molar-refractivity contribution in [2.24, 2.45) is 0 Å². The number of benzene rings is 2. The molecule has 4 nitrogen and oxygen atoms in total. The van der Waals surface area contributed by atoms with E-state index in [1.165, 1.54) is 6.92 Å². The molecular formula is C19H22O4. The summed E-state index contributed by atoms with van der Waals surface area (Å²) in [6.45, 7) is 9.76. The first-order valence-electron chi connectivity index (χ1n) is 7.71. The van der Waals surface area contributed by atoms with E-state index < -0.39 is 5.60 Å². The van der Waals surface area contributed by atoms with Gasteiger partial charge in [-0.3, -0.25) is 4.79 Å². The molecule has 0 unspecified atom stereocenters. The molecule has 0 amide bonds. The molecule has 0 aliphatic carbocycles. The van der Waals surface area contributed by atoms with Crippen molar-refractivity contribution in [3.05, 3.63) is 29.8 Å². The van der Waals surface area contributed by atoms with Gasteiger partial charge in [0.05, 0.1) is 12.7 Å². The second-order valence-corrected chi connectivity index (χ2v) is 6.94. The summed E-state index contributed by atoms with van der Waals surface area (Å²) in [5, 5.41) is 1.74. The van der Waals surface area contributed by atoms with Gasteiger partial charge in [0, 0.05) is 23.1 Å². The van der Waals surface area contributed by atoms with Gasteiger partial charge >= 0.3 is 5.97 Å². The molecule has 0 N–H and O–H groups in total. The van der Waals surface area contributed by atoms with Crippen molar-refractivity contribution >= 4 is 16.7 Å². The number of carbonyl (C=O) groups excluding carboxylic acids is 1. The van der Waals surface area contributed by atoms with Gasteiger partial charge in [0.25, 0.3) is 0 Å². The van der Waals surface area contributed by atoms with E-state index in [-0.39, 0.29) is 11.4 Å². The van der Waals surface area contributed by atoms with E-state index in [2.05, 4.69) is 27.7 Å². The Balaban J connectivity index is 2.47. The predicted molar refractivity (Wildman–Crippen MR) is 89.5 cm³/mol. The first kappa shape index (κ1) is 15.7. The van der Waals surface area contributed by atoms with Crippen LogP contribution in [-0.2, 0) is 10.2 Å². The summed E-state index contributed by atoms with van der Waals surface area (Å²) in [4.78, 5) is 11.6. The lowest BCUT2D eigenvalue weighted by atomic mass is 9.73. The minimum atomic E-state index is -0.403. The molecule has 2 aromatic carbocycles. The fourth-order valence-electron chi connectivity index (χ4n) is 3.15. The first-order valence-corrected chi connectivity index (χ1v) is 7.71. The van der Waals surface area contributed by atoms with Gasteiger partial charge < -0.3 is 14.2 Å². The lowest BCUT2D eigenvalue weighted by Crippen LogP contribution is -2.42. The van der Waals surface area contributed by atoms with Gasteiger partial charge in [0.15, 0.2) is 11.5 Å². The second-order valence-electron chi connectivity index (χ2n) is 6.94. The van der Waals surface area contributed by atoms with Crippen LogP contribution in [0.4, 0.5) is 0 Å². The Morgan fingerprint density at radius 1 is 1.04 bits per heavy atom. The summed E-state index contributed by atoms with van der Waals surface area (Å²) in [5.74, 6) is 1.47. The molecule has 0 saturated carbocycles. The normalized spacial score (nSPS) is 17.5. The molecule has 0 bridgehead atoms. The van der Waals surface area contributed by atoms with Crippen LogP contribution in [0.3, 0.4) is 0 Å². The fraction of sp³-hybridized carbons (Fsp3) is 0.421. The molecule has 3 rings (SSSR count). The van der Waals surface area contributed by atoms with Gasteiger partial charge in [-0.15, -0.1) is 0 Å². The lowest BCUT2D eigenvalue weighted by molar-refractivity contribution is -0.131. The van der Waals surface area contributed by atoms with Crippen molar-refractivity contribution < 1.29 is 19.0 Å². The van der Waals surface area contributed by atoms with Crippen molar-refractivity contribution in [1.29, 1.82) is 0 Å². The van der Waals surface area contributed by atoms with Crippen LogP contribution in [-0.4, -0.2) is 18.7 Å². The summed E-state index contributed by atoms with van der Waals surface area (Å²) in [6.07, 6.45) is 0. The Hall–Kier alpha value is -2.23. The average Bonchev–Trinajstić information content (AvgIpc) is 2.66. The Morgan fingerprint density at radius 2 is 1.65 bits per heavy atom. The predicted octanol–water partition coefficient (Wildman–Crippen LogP) is 4.22. The minimum absolute atomic E-state index is 0.299. The van der Waals surface area contributed by atoms with E-state index in [0.717, 1.165) is 22.1 Å². The highest BCUT2D eigenvalue weighted by Gasteiger charge is 2.51. The number of hydrogen-bond donors (Lipinski definition) is 0. The van der Waals surface area contributed by atoms with Crippen LogP contribution < -0.4 is 14.2 Å². The van der Waals surface area contributed by atoms with Crippen LogP contribution in [0.1, 0.15) is 40.2 Å². The van der Waals surface area contributed by atoms with Gasteiger partial charge in [-0.1, -0.05) is 38.1 Å². The molecule has 0 saturated heterocycles. The Morgan fingerprint density at radius 3 is 2.22 bits per heavy atom. The number of carbonyl (C=O) groups is 1. The molecule has 23 heavy (non-hydrogen) atoms.